The van der Waals surface area contributed by atoms with Crippen molar-refractivity contribution in [3.63, 3.8) is 0 Å². The monoisotopic (exact) mass is 368 g/mol. The van der Waals surface area contributed by atoms with Crippen LogP contribution in [0.5, 0.6) is 11.5 Å². The average molecular weight is 368 g/mol. The second-order valence-electron chi connectivity index (χ2n) is 7.15. The lowest BCUT2D eigenvalue weighted by atomic mass is 10.1. The van der Waals surface area contributed by atoms with E-state index in [0.717, 1.165) is 36.7 Å². The largest absolute Gasteiger partial charge is 0.497 e. The molecule has 1 aliphatic heterocycles. The van der Waals surface area contributed by atoms with Crippen molar-refractivity contribution in [2.45, 2.75) is 32.9 Å². The van der Waals surface area contributed by atoms with Gasteiger partial charge >= 0.3 is 0 Å². The predicted molar refractivity (Wildman–Crippen MR) is 106 cm³/mol. The molecular formula is C22H28N2O3. The van der Waals surface area contributed by atoms with E-state index in [2.05, 4.69) is 42.3 Å². The lowest BCUT2D eigenvalue weighted by molar-refractivity contribution is -0.120. The Labute approximate surface area is 161 Å². The molecule has 0 aliphatic carbocycles. The third-order valence-electron chi connectivity index (χ3n) is 4.73. The second-order valence-corrected chi connectivity index (χ2v) is 7.15. The van der Waals surface area contributed by atoms with Crippen molar-refractivity contribution in [1.29, 1.82) is 0 Å². The Morgan fingerprint density at radius 1 is 1.26 bits per heavy atom. The highest BCUT2D eigenvalue weighted by molar-refractivity contribution is 5.78. The normalized spacial score (nSPS) is 16.8. The zero-order chi connectivity index (χ0) is 19.2. The number of amides is 1. The molecule has 1 aliphatic rings. The first-order chi connectivity index (χ1) is 13.0. The highest BCUT2D eigenvalue weighted by atomic mass is 16.5. The molecule has 5 heteroatoms. The SMILES string of the molecule is COc1ccc(CC(=O)NCCN2Cc3cc(C)ccc3OC(C)C2)cc1. The maximum absolute atomic E-state index is 12.2. The number of ether oxygens (including phenoxy) is 2. The zero-order valence-electron chi connectivity index (χ0n) is 16.3. The number of nitrogens with zero attached hydrogens (tertiary/aromatic N) is 1. The first-order valence-corrected chi connectivity index (χ1v) is 9.41. The summed E-state index contributed by atoms with van der Waals surface area (Å²) in [6.07, 6.45) is 0.509. The van der Waals surface area contributed by atoms with Gasteiger partial charge in [-0.25, -0.2) is 0 Å². The second kappa shape index (κ2) is 8.91. The van der Waals surface area contributed by atoms with Crippen LogP contribution in [0, 0.1) is 6.92 Å². The third kappa shape index (κ3) is 5.47. The van der Waals surface area contributed by atoms with Crippen molar-refractivity contribution in [1.82, 2.24) is 10.2 Å². The lowest BCUT2D eigenvalue weighted by Gasteiger charge is -2.22. The van der Waals surface area contributed by atoms with Crippen molar-refractivity contribution in [2.24, 2.45) is 0 Å². The molecule has 0 radical (unpaired) electrons. The molecule has 3 rings (SSSR count). The number of hydrogen-bond acceptors (Lipinski definition) is 4. The summed E-state index contributed by atoms with van der Waals surface area (Å²) in [5, 5.41) is 3.02. The Bertz CT molecular complexity index is 774. The summed E-state index contributed by atoms with van der Waals surface area (Å²) in [5.41, 5.74) is 3.43. The van der Waals surface area contributed by atoms with E-state index in [9.17, 15) is 4.79 Å². The van der Waals surface area contributed by atoms with Crippen molar-refractivity contribution in [3.8, 4) is 11.5 Å². The van der Waals surface area contributed by atoms with E-state index >= 15 is 0 Å². The number of methoxy groups -OCH3 is 1. The number of hydrogen-bond donors (Lipinski definition) is 1. The molecule has 1 unspecified atom stereocenters. The Morgan fingerprint density at radius 2 is 2.04 bits per heavy atom. The highest BCUT2D eigenvalue weighted by Gasteiger charge is 2.20. The predicted octanol–water partition coefficient (Wildman–Crippen LogP) is 2.95. The summed E-state index contributed by atoms with van der Waals surface area (Å²) in [7, 11) is 1.64. The fourth-order valence-corrected chi connectivity index (χ4v) is 3.38. The molecule has 144 valence electrons. The van der Waals surface area contributed by atoms with Gasteiger partial charge in [0.05, 0.1) is 13.5 Å². The average Bonchev–Trinajstić information content (AvgIpc) is 2.79. The van der Waals surface area contributed by atoms with Crippen LogP contribution in [0.4, 0.5) is 0 Å². The summed E-state index contributed by atoms with van der Waals surface area (Å²) >= 11 is 0. The smallest absolute Gasteiger partial charge is 0.224 e. The van der Waals surface area contributed by atoms with Gasteiger partial charge in [-0.05, 0) is 37.6 Å². The van der Waals surface area contributed by atoms with Gasteiger partial charge in [0, 0.05) is 31.7 Å². The molecule has 0 fully saturated rings. The molecule has 0 bridgehead atoms. The number of fused-ring (bicyclic) bond motifs is 1. The minimum Gasteiger partial charge on any atom is -0.497 e. The first-order valence-electron chi connectivity index (χ1n) is 9.41. The van der Waals surface area contributed by atoms with Crippen molar-refractivity contribution < 1.29 is 14.3 Å². The molecule has 0 saturated carbocycles. The van der Waals surface area contributed by atoms with Crippen molar-refractivity contribution >= 4 is 5.91 Å². The minimum absolute atomic E-state index is 0.0375. The van der Waals surface area contributed by atoms with E-state index < -0.39 is 0 Å². The van der Waals surface area contributed by atoms with Gasteiger partial charge in [0.2, 0.25) is 5.91 Å². The molecule has 1 N–H and O–H groups in total. The van der Waals surface area contributed by atoms with Gasteiger partial charge in [0.15, 0.2) is 0 Å². The van der Waals surface area contributed by atoms with Crippen LogP contribution in [0.15, 0.2) is 42.5 Å². The maximum atomic E-state index is 12.2. The van der Waals surface area contributed by atoms with Crippen LogP contribution in [0.3, 0.4) is 0 Å². The Morgan fingerprint density at radius 3 is 2.78 bits per heavy atom. The highest BCUT2D eigenvalue weighted by Crippen LogP contribution is 2.25. The molecule has 0 saturated heterocycles. The number of carbonyl (C=O) groups excluding carboxylic acids is 1. The quantitative estimate of drug-likeness (QED) is 0.852. The van der Waals surface area contributed by atoms with Gasteiger partial charge in [0.1, 0.15) is 17.6 Å². The maximum Gasteiger partial charge on any atom is 0.224 e. The summed E-state index contributed by atoms with van der Waals surface area (Å²) < 4.78 is 11.2. The zero-order valence-corrected chi connectivity index (χ0v) is 16.3. The fourth-order valence-electron chi connectivity index (χ4n) is 3.38. The minimum atomic E-state index is 0.0375. The number of rotatable bonds is 6. The standard InChI is InChI=1S/C22H28N2O3/c1-16-4-9-21-19(12-16)15-24(14-17(2)27-21)11-10-23-22(25)13-18-5-7-20(26-3)8-6-18/h4-9,12,17H,10-11,13-15H2,1-3H3,(H,23,25). The number of carbonyl (C=O) groups is 1. The molecule has 1 atom stereocenters. The van der Waals surface area contributed by atoms with Gasteiger partial charge < -0.3 is 14.8 Å². The van der Waals surface area contributed by atoms with Crippen LogP contribution < -0.4 is 14.8 Å². The molecule has 2 aromatic rings. The van der Waals surface area contributed by atoms with Crippen LogP contribution >= 0.6 is 0 Å². The molecule has 0 aromatic heterocycles. The van der Waals surface area contributed by atoms with Crippen LogP contribution in [0.2, 0.25) is 0 Å². The van der Waals surface area contributed by atoms with E-state index in [1.807, 2.05) is 24.3 Å². The van der Waals surface area contributed by atoms with Crippen molar-refractivity contribution in [3.05, 3.63) is 59.2 Å². The molecule has 1 amide bonds. The van der Waals surface area contributed by atoms with Gasteiger partial charge in [-0.15, -0.1) is 0 Å². The molecule has 0 spiro atoms. The fraction of sp³-hybridized carbons (Fsp3) is 0.409. The third-order valence-corrected chi connectivity index (χ3v) is 4.73. The van der Waals surface area contributed by atoms with Crippen molar-refractivity contribution in [2.75, 3.05) is 26.7 Å². The number of nitrogens with one attached hydrogen (secondary N) is 1. The molecule has 1 heterocycles. The summed E-state index contributed by atoms with van der Waals surface area (Å²) in [6, 6.07) is 13.9. The van der Waals surface area contributed by atoms with Crippen LogP contribution in [-0.4, -0.2) is 43.7 Å². The van der Waals surface area contributed by atoms with Gasteiger partial charge in [0.25, 0.3) is 0 Å². The van der Waals surface area contributed by atoms with E-state index in [1.165, 1.54) is 11.1 Å². The molecule has 5 nitrogen and oxygen atoms in total. The van der Waals surface area contributed by atoms with E-state index in [1.54, 1.807) is 7.11 Å². The topological polar surface area (TPSA) is 50.8 Å². The van der Waals surface area contributed by atoms with Crippen LogP contribution in [-0.2, 0) is 17.8 Å². The van der Waals surface area contributed by atoms with E-state index in [4.69, 9.17) is 9.47 Å². The lowest BCUT2D eigenvalue weighted by Crippen LogP contribution is -2.38. The van der Waals surface area contributed by atoms with E-state index in [0.29, 0.717) is 13.0 Å². The number of aryl methyl sites for hydroxylation is 1. The van der Waals surface area contributed by atoms with Gasteiger partial charge in [-0.2, -0.15) is 0 Å². The summed E-state index contributed by atoms with van der Waals surface area (Å²) in [4.78, 5) is 14.5. The summed E-state index contributed by atoms with van der Waals surface area (Å²) in [6.45, 7) is 7.30. The first kappa shape index (κ1) is 19.2. The Kier molecular flexibility index (Phi) is 6.35. The molecule has 2 aromatic carbocycles. The van der Waals surface area contributed by atoms with Gasteiger partial charge in [-0.3, -0.25) is 9.69 Å². The molecular weight excluding hydrogens is 340 g/mol. The van der Waals surface area contributed by atoms with E-state index in [-0.39, 0.29) is 12.0 Å². The Balaban J connectivity index is 1.49. The number of benzene rings is 2. The van der Waals surface area contributed by atoms with Gasteiger partial charge in [-0.1, -0.05) is 29.8 Å². The van der Waals surface area contributed by atoms with Crippen LogP contribution in [0.25, 0.3) is 0 Å². The Hall–Kier alpha value is -2.53. The summed E-state index contributed by atoms with van der Waals surface area (Å²) in [5.74, 6) is 1.81. The molecule has 27 heavy (non-hydrogen) atoms. The van der Waals surface area contributed by atoms with Crippen LogP contribution in [0.1, 0.15) is 23.6 Å².